The van der Waals surface area contributed by atoms with Crippen LogP contribution in [0.5, 0.6) is 5.75 Å². The van der Waals surface area contributed by atoms with Crippen LogP contribution in [0.2, 0.25) is 0 Å². The minimum absolute atomic E-state index is 0.0486. The van der Waals surface area contributed by atoms with E-state index in [0.717, 1.165) is 45.3 Å². The van der Waals surface area contributed by atoms with Crippen LogP contribution in [-0.4, -0.2) is 55.1 Å². The van der Waals surface area contributed by atoms with E-state index in [1.54, 1.807) is 30.3 Å². The van der Waals surface area contributed by atoms with E-state index in [2.05, 4.69) is 31.4 Å². The highest BCUT2D eigenvalue weighted by Gasteiger charge is 2.32. The van der Waals surface area contributed by atoms with Crippen LogP contribution in [-0.2, 0) is 0 Å². The fourth-order valence-corrected chi connectivity index (χ4v) is 5.27. The number of rotatable bonds is 14. The van der Waals surface area contributed by atoms with Gasteiger partial charge in [0.25, 0.3) is 11.8 Å². The van der Waals surface area contributed by atoms with Gasteiger partial charge in [-0.2, -0.15) is 0 Å². The van der Waals surface area contributed by atoms with Crippen LogP contribution >= 0.6 is 0 Å². The van der Waals surface area contributed by atoms with Gasteiger partial charge in [0.05, 0.1) is 38.3 Å². The molecule has 1 heterocycles. The summed E-state index contributed by atoms with van der Waals surface area (Å²) in [5, 5.41) is 6.15. The number of unbranched alkanes of at least 4 members (excludes halogenated alkanes) is 4. The zero-order valence-corrected chi connectivity index (χ0v) is 23.1. The Morgan fingerprint density at radius 1 is 0.865 bits per heavy atom. The minimum atomic E-state index is -0.217. The standard InChI is InChI=1S/C31H45N3O3/c1-4-7-8-9-12-24-37-29-14-11-10-13-28(29)31(36)33-26-17-15-25(16-18-26)30(35)32-27-19-22-34(6-3,21-5-2)23-20-27/h10-11,13-18,27H,4-9,12,19-24H2,1-3H3,(H-,32,33,35,36)/p+1. The van der Waals surface area contributed by atoms with Gasteiger partial charge in [-0.25, -0.2) is 0 Å². The van der Waals surface area contributed by atoms with Crippen molar-refractivity contribution in [2.75, 3.05) is 38.1 Å². The molecule has 0 atom stereocenters. The molecule has 2 aromatic carbocycles. The molecule has 3 rings (SSSR count). The number of quaternary nitrogens is 1. The summed E-state index contributed by atoms with van der Waals surface area (Å²) < 4.78 is 7.09. The van der Waals surface area contributed by atoms with Gasteiger partial charge in [0, 0.05) is 30.1 Å². The highest BCUT2D eigenvalue weighted by Crippen LogP contribution is 2.22. The lowest BCUT2D eigenvalue weighted by molar-refractivity contribution is -0.931. The smallest absolute Gasteiger partial charge is 0.259 e. The number of benzene rings is 2. The van der Waals surface area contributed by atoms with Crippen molar-refractivity contribution in [3.8, 4) is 5.75 Å². The summed E-state index contributed by atoms with van der Waals surface area (Å²) in [6.45, 7) is 12.0. The van der Waals surface area contributed by atoms with E-state index >= 15 is 0 Å². The monoisotopic (exact) mass is 508 g/mol. The summed E-state index contributed by atoms with van der Waals surface area (Å²) in [4.78, 5) is 25.8. The first-order valence-electron chi connectivity index (χ1n) is 14.3. The van der Waals surface area contributed by atoms with Gasteiger partial charge < -0.3 is 19.9 Å². The minimum Gasteiger partial charge on any atom is -0.493 e. The van der Waals surface area contributed by atoms with Crippen LogP contribution in [0, 0.1) is 0 Å². The summed E-state index contributed by atoms with van der Waals surface area (Å²) in [6, 6.07) is 14.7. The van der Waals surface area contributed by atoms with Crippen molar-refractivity contribution in [3.05, 3.63) is 59.7 Å². The van der Waals surface area contributed by atoms with Gasteiger partial charge in [-0.15, -0.1) is 0 Å². The summed E-state index contributed by atoms with van der Waals surface area (Å²) in [5.74, 6) is 0.335. The van der Waals surface area contributed by atoms with Crippen LogP contribution in [0.15, 0.2) is 48.5 Å². The molecule has 2 N–H and O–H groups in total. The third-order valence-corrected chi connectivity index (χ3v) is 7.65. The molecule has 0 unspecified atom stereocenters. The largest absolute Gasteiger partial charge is 0.493 e. The van der Waals surface area contributed by atoms with E-state index in [1.165, 1.54) is 36.7 Å². The average molecular weight is 509 g/mol. The number of likely N-dealkylation sites (tertiary alicyclic amines) is 1. The molecule has 1 aliphatic heterocycles. The number of para-hydroxylation sites is 1. The maximum Gasteiger partial charge on any atom is 0.259 e. The van der Waals surface area contributed by atoms with Gasteiger partial charge in [-0.1, -0.05) is 51.7 Å². The second-order valence-corrected chi connectivity index (χ2v) is 10.4. The van der Waals surface area contributed by atoms with Gasteiger partial charge in [-0.3, -0.25) is 9.59 Å². The molecule has 6 nitrogen and oxygen atoms in total. The number of nitrogens with zero attached hydrogens (tertiary/aromatic N) is 1. The van der Waals surface area contributed by atoms with Gasteiger partial charge in [0.15, 0.2) is 0 Å². The molecule has 1 aliphatic rings. The number of ether oxygens (including phenoxy) is 1. The Kier molecular flexibility index (Phi) is 11.5. The molecular formula is C31H46N3O3+. The number of hydrogen-bond donors (Lipinski definition) is 2. The molecule has 202 valence electrons. The van der Waals surface area contributed by atoms with E-state index in [-0.39, 0.29) is 17.9 Å². The number of anilines is 1. The molecule has 1 saturated heterocycles. The molecule has 6 heteroatoms. The van der Waals surface area contributed by atoms with Crippen LogP contribution < -0.4 is 15.4 Å². The Hall–Kier alpha value is -2.86. The first kappa shape index (κ1) is 28.7. The zero-order chi connectivity index (χ0) is 26.5. The van der Waals surface area contributed by atoms with E-state index in [1.807, 2.05) is 18.2 Å². The molecule has 0 saturated carbocycles. The third-order valence-electron chi connectivity index (χ3n) is 7.65. The lowest BCUT2D eigenvalue weighted by Crippen LogP contribution is -2.56. The fourth-order valence-electron chi connectivity index (χ4n) is 5.27. The first-order valence-corrected chi connectivity index (χ1v) is 14.3. The molecular weight excluding hydrogens is 462 g/mol. The summed E-state index contributed by atoms with van der Waals surface area (Å²) >= 11 is 0. The molecule has 0 bridgehead atoms. The van der Waals surface area contributed by atoms with E-state index in [9.17, 15) is 9.59 Å². The Balaban J connectivity index is 1.50. The summed E-state index contributed by atoms with van der Waals surface area (Å²) in [7, 11) is 0. The number of carbonyl (C=O) groups excluding carboxylic acids is 2. The van der Waals surface area contributed by atoms with Crippen molar-refractivity contribution in [1.29, 1.82) is 0 Å². The predicted molar refractivity (Wildman–Crippen MR) is 151 cm³/mol. The number of carbonyl (C=O) groups is 2. The van der Waals surface area contributed by atoms with Crippen LogP contribution in [0.1, 0.15) is 92.9 Å². The average Bonchev–Trinajstić information content (AvgIpc) is 2.92. The fraction of sp³-hybridized carbons (Fsp3) is 0.548. The number of piperidine rings is 1. The second kappa shape index (κ2) is 14.8. The van der Waals surface area contributed by atoms with Gasteiger partial charge in [-0.05, 0) is 56.2 Å². The topological polar surface area (TPSA) is 67.4 Å². The van der Waals surface area contributed by atoms with Crippen molar-refractivity contribution in [2.24, 2.45) is 0 Å². The van der Waals surface area contributed by atoms with Gasteiger partial charge in [0.2, 0.25) is 0 Å². The molecule has 0 aromatic heterocycles. The molecule has 2 aromatic rings. The zero-order valence-electron chi connectivity index (χ0n) is 23.1. The van der Waals surface area contributed by atoms with Crippen LogP contribution in [0.25, 0.3) is 0 Å². The number of amides is 2. The second-order valence-electron chi connectivity index (χ2n) is 10.4. The normalized spacial score (nSPS) is 19.3. The first-order chi connectivity index (χ1) is 18.0. The predicted octanol–water partition coefficient (Wildman–Crippen LogP) is 6.43. The van der Waals surface area contributed by atoms with Crippen molar-refractivity contribution < 1.29 is 18.8 Å². The lowest BCUT2D eigenvalue weighted by atomic mass is 10.0. The third kappa shape index (κ3) is 8.60. The Labute approximate surface area is 223 Å². The van der Waals surface area contributed by atoms with Crippen LogP contribution in [0.4, 0.5) is 5.69 Å². The Morgan fingerprint density at radius 3 is 2.24 bits per heavy atom. The molecule has 37 heavy (non-hydrogen) atoms. The Morgan fingerprint density at radius 2 is 1.57 bits per heavy atom. The molecule has 0 spiro atoms. The van der Waals surface area contributed by atoms with Crippen molar-refractivity contribution in [1.82, 2.24) is 5.32 Å². The van der Waals surface area contributed by atoms with Gasteiger partial charge >= 0.3 is 0 Å². The Bertz CT molecular complexity index is 981. The van der Waals surface area contributed by atoms with E-state index in [0.29, 0.717) is 29.2 Å². The number of nitrogens with one attached hydrogen (secondary N) is 2. The lowest BCUT2D eigenvalue weighted by Gasteiger charge is -2.43. The SMILES string of the molecule is CCCCCCCOc1ccccc1C(=O)Nc1ccc(C(=O)NC2CC[N+](CC)(CCC)CC2)cc1. The van der Waals surface area contributed by atoms with Crippen molar-refractivity contribution in [3.63, 3.8) is 0 Å². The number of hydrogen-bond acceptors (Lipinski definition) is 3. The highest BCUT2D eigenvalue weighted by atomic mass is 16.5. The highest BCUT2D eigenvalue weighted by molar-refractivity contribution is 6.06. The molecule has 0 radical (unpaired) electrons. The van der Waals surface area contributed by atoms with Crippen molar-refractivity contribution >= 4 is 17.5 Å². The van der Waals surface area contributed by atoms with Crippen LogP contribution in [0.3, 0.4) is 0 Å². The maximum atomic E-state index is 12.9. The van der Waals surface area contributed by atoms with E-state index < -0.39 is 0 Å². The van der Waals surface area contributed by atoms with Gasteiger partial charge in [0.1, 0.15) is 5.75 Å². The quantitative estimate of drug-likeness (QED) is 0.228. The van der Waals surface area contributed by atoms with E-state index in [4.69, 9.17) is 4.74 Å². The summed E-state index contributed by atoms with van der Waals surface area (Å²) in [5.41, 5.74) is 1.78. The molecule has 2 amide bonds. The molecule has 0 aliphatic carbocycles. The molecule has 1 fully saturated rings. The van der Waals surface area contributed by atoms with Crippen molar-refractivity contribution in [2.45, 2.75) is 78.2 Å². The summed E-state index contributed by atoms with van der Waals surface area (Å²) in [6.07, 6.45) is 9.05. The maximum absolute atomic E-state index is 12.9.